The molecule has 1 unspecified atom stereocenters. The van der Waals surface area contributed by atoms with Gasteiger partial charge in [0.1, 0.15) is 18.4 Å². The van der Waals surface area contributed by atoms with Crippen LogP contribution >= 0.6 is 11.6 Å². The van der Waals surface area contributed by atoms with E-state index in [1.807, 2.05) is 37.3 Å². The Labute approximate surface area is 246 Å². The van der Waals surface area contributed by atoms with Gasteiger partial charge in [-0.2, -0.15) is 0 Å². The molecule has 1 atom stereocenters. The Kier molecular flexibility index (Phi) is 10.4. The summed E-state index contributed by atoms with van der Waals surface area (Å²) in [7, 11) is -4.25. The molecule has 0 aliphatic heterocycles. The zero-order chi connectivity index (χ0) is 29.4. The Morgan fingerprint density at radius 2 is 1.63 bits per heavy atom. The minimum Gasteiger partial charge on any atom is -0.352 e. The Balaban J connectivity index is 1.68. The van der Waals surface area contributed by atoms with E-state index >= 15 is 0 Å². The molecule has 3 aromatic rings. The van der Waals surface area contributed by atoms with Crippen LogP contribution in [0.15, 0.2) is 83.8 Å². The normalized spacial score (nSPS) is 14.4. The van der Waals surface area contributed by atoms with Gasteiger partial charge in [0.2, 0.25) is 11.8 Å². The summed E-state index contributed by atoms with van der Waals surface area (Å²) in [6.45, 7) is 1.45. The number of hydrogen-bond acceptors (Lipinski definition) is 4. The highest BCUT2D eigenvalue weighted by Gasteiger charge is 2.34. The molecule has 3 aromatic carbocycles. The molecule has 1 fully saturated rings. The van der Waals surface area contributed by atoms with Gasteiger partial charge in [0.25, 0.3) is 10.0 Å². The Morgan fingerprint density at radius 1 is 1.00 bits per heavy atom. The molecule has 0 heterocycles. The number of nitrogens with zero attached hydrogens (tertiary/aromatic N) is 2. The number of carbonyl (C=O) groups excluding carboxylic acids is 2. The van der Waals surface area contributed by atoms with Crippen molar-refractivity contribution in [3.8, 4) is 0 Å². The van der Waals surface area contributed by atoms with E-state index in [0.717, 1.165) is 41.6 Å². The number of halogens is 2. The number of anilines is 1. The number of hydrogen-bond donors (Lipinski definition) is 1. The van der Waals surface area contributed by atoms with E-state index in [9.17, 15) is 22.4 Å². The lowest BCUT2D eigenvalue weighted by Crippen LogP contribution is -2.54. The fourth-order valence-corrected chi connectivity index (χ4v) is 6.75. The Hall–Kier alpha value is -3.43. The van der Waals surface area contributed by atoms with Gasteiger partial charge < -0.3 is 10.2 Å². The Morgan fingerprint density at radius 3 is 2.24 bits per heavy atom. The average Bonchev–Trinajstić information content (AvgIpc) is 3.49. The molecule has 1 aliphatic rings. The molecule has 7 nitrogen and oxygen atoms in total. The van der Waals surface area contributed by atoms with Crippen molar-refractivity contribution in [1.29, 1.82) is 0 Å². The number of benzene rings is 3. The first-order valence-corrected chi connectivity index (χ1v) is 15.7. The van der Waals surface area contributed by atoms with E-state index in [0.29, 0.717) is 12.8 Å². The van der Waals surface area contributed by atoms with E-state index in [2.05, 4.69) is 5.32 Å². The van der Waals surface area contributed by atoms with Gasteiger partial charge in [-0.1, -0.05) is 79.9 Å². The lowest BCUT2D eigenvalue weighted by molar-refractivity contribution is -0.139. The summed E-state index contributed by atoms with van der Waals surface area (Å²) < 4.78 is 42.6. The third kappa shape index (κ3) is 7.65. The van der Waals surface area contributed by atoms with Crippen LogP contribution in [0.4, 0.5) is 10.1 Å². The summed E-state index contributed by atoms with van der Waals surface area (Å²) in [6.07, 6.45) is 4.72. The smallest absolute Gasteiger partial charge is 0.264 e. The second kappa shape index (κ2) is 14.0. The second-order valence-electron chi connectivity index (χ2n) is 10.2. The van der Waals surface area contributed by atoms with E-state index in [1.54, 1.807) is 18.2 Å². The maximum atomic E-state index is 14.1. The van der Waals surface area contributed by atoms with Gasteiger partial charge in [-0.3, -0.25) is 13.9 Å². The topological polar surface area (TPSA) is 86.8 Å². The first-order chi connectivity index (χ1) is 19.7. The van der Waals surface area contributed by atoms with Gasteiger partial charge in [-0.25, -0.2) is 12.8 Å². The summed E-state index contributed by atoms with van der Waals surface area (Å²) >= 11 is 6.02. The van der Waals surface area contributed by atoms with E-state index < -0.39 is 34.3 Å². The van der Waals surface area contributed by atoms with E-state index in [1.165, 1.54) is 29.2 Å². The molecule has 4 rings (SSSR count). The summed E-state index contributed by atoms with van der Waals surface area (Å²) in [5.41, 5.74) is 1.02. The van der Waals surface area contributed by atoms with Crippen LogP contribution < -0.4 is 9.62 Å². The molecule has 0 spiro atoms. The zero-order valence-electron chi connectivity index (χ0n) is 23.0. The molecular formula is C31H35ClFN3O4S. The number of amides is 2. The van der Waals surface area contributed by atoms with Gasteiger partial charge >= 0.3 is 0 Å². The SMILES string of the molecule is CCC(C(=O)NC1CCCC1)N(CCc1ccccc1)C(=O)CN(c1ccc(F)c(Cl)c1)S(=O)(=O)c1ccccc1. The molecule has 0 bridgehead atoms. The lowest BCUT2D eigenvalue weighted by atomic mass is 10.1. The van der Waals surface area contributed by atoms with Crippen molar-refractivity contribution in [3.63, 3.8) is 0 Å². The van der Waals surface area contributed by atoms with Crippen LogP contribution in [0.5, 0.6) is 0 Å². The number of nitrogens with one attached hydrogen (secondary N) is 1. The molecule has 10 heteroatoms. The van der Waals surface area contributed by atoms with E-state index in [-0.39, 0.29) is 34.1 Å². The molecule has 1 aliphatic carbocycles. The van der Waals surface area contributed by atoms with Gasteiger partial charge in [0, 0.05) is 12.6 Å². The van der Waals surface area contributed by atoms with Crippen LogP contribution in [0.2, 0.25) is 5.02 Å². The average molecular weight is 600 g/mol. The Bertz CT molecular complexity index is 1430. The largest absolute Gasteiger partial charge is 0.352 e. The van der Waals surface area contributed by atoms with Crippen LogP contribution in [-0.4, -0.2) is 50.3 Å². The van der Waals surface area contributed by atoms with Gasteiger partial charge in [0.05, 0.1) is 15.6 Å². The number of rotatable bonds is 12. The van der Waals surface area contributed by atoms with Crippen LogP contribution in [0.3, 0.4) is 0 Å². The molecular weight excluding hydrogens is 565 g/mol. The summed E-state index contributed by atoms with van der Waals surface area (Å²) in [5, 5.41) is 2.82. The van der Waals surface area contributed by atoms with Crippen LogP contribution in [-0.2, 0) is 26.0 Å². The van der Waals surface area contributed by atoms with Gasteiger partial charge in [0.15, 0.2) is 0 Å². The third-order valence-corrected chi connectivity index (χ3v) is 9.45. The fraction of sp³-hybridized carbons (Fsp3) is 0.355. The minimum absolute atomic E-state index is 0.0323. The van der Waals surface area contributed by atoms with Gasteiger partial charge in [-0.05, 0) is 61.6 Å². The maximum Gasteiger partial charge on any atom is 0.264 e. The molecule has 0 saturated heterocycles. The monoisotopic (exact) mass is 599 g/mol. The maximum absolute atomic E-state index is 14.1. The standard InChI is InChI=1S/C31H35ClFN3O4S/c1-2-29(31(38)34-24-13-9-10-14-24)35(20-19-23-11-5-3-6-12-23)30(37)22-36(25-17-18-28(33)27(32)21-25)41(39,40)26-15-7-4-8-16-26/h3-8,11-12,15-18,21,24,29H,2,9-10,13-14,19-20,22H2,1H3,(H,34,38). The van der Waals surface area contributed by atoms with Crippen molar-refractivity contribution < 1.29 is 22.4 Å². The summed E-state index contributed by atoms with van der Waals surface area (Å²) in [6, 6.07) is 20.1. The molecule has 2 amide bonds. The summed E-state index contributed by atoms with van der Waals surface area (Å²) in [4.78, 5) is 28.9. The van der Waals surface area contributed by atoms with Crippen molar-refractivity contribution in [2.75, 3.05) is 17.4 Å². The van der Waals surface area contributed by atoms with Crippen molar-refractivity contribution >= 4 is 39.1 Å². The number of sulfonamides is 1. The quantitative estimate of drug-likeness (QED) is 0.294. The number of carbonyl (C=O) groups is 2. The second-order valence-corrected chi connectivity index (χ2v) is 12.4. The summed E-state index contributed by atoms with van der Waals surface area (Å²) in [5.74, 6) is -1.50. The van der Waals surface area contributed by atoms with Crippen LogP contribution in [0.1, 0.15) is 44.6 Å². The molecule has 0 aromatic heterocycles. The molecule has 0 radical (unpaired) electrons. The first-order valence-electron chi connectivity index (χ1n) is 13.9. The van der Waals surface area contributed by atoms with Crippen molar-refractivity contribution in [2.45, 2.75) is 62.4 Å². The van der Waals surface area contributed by atoms with Crippen LogP contribution in [0, 0.1) is 5.82 Å². The molecule has 218 valence electrons. The highest BCUT2D eigenvalue weighted by molar-refractivity contribution is 7.92. The highest BCUT2D eigenvalue weighted by atomic mass is 35.5. The lowest BCUT2D eigenvalue weighted by Gasteiger charge is -2.33. The van der Waals surface area contributed by atoms with Crippen molar-refractivity contribution in [2.24, 2.45) is 0 Å². The molecule has 41 heavy (non-hydrogen) atoms. The van der Waals surface area contributed by atoms with Gasteiger partial charge in [-0.15, -0.1) is 0 Å². The van der Waals surface area contributed by atoms with E-state index in [4.69, 9.17) is 11.6 Å². The third-order valence-electron chi connectivity index (χ3n) is 7.37. The predicted octanol–water partition coefficient (Wildman–Crippen LogP) is 5.58. The fourth-order valence-electron chi connectivity index (χ4n) is 5.15. The minimum atomic E-state index is -4.25. The zero-order valence-corrected chi connectivity index (χ0v) is 24.6. The van der Waals surface area contributed by atoms with Crippen molar-refractivity contribution in [3.05, 3.63) is 95.3 Å². The van der Waals surface area contributed by atoms with Crippen molar-refractivity contribution in [1.82, 2.24) is 10.2 Å². The highest BCUT2D eigenvalue weighted by Crippen LogP contribution is 2.28. The molecule has 1 N–H and O–H groups in total. The van der Waals surface area contributed by atoms with Crippen LogP contribution in [0.25, 0.3) is 0 Å². The molecule has 1 saturated carbocycles. The first kappa shape index (κ1) is 30.5. The predicted molar refractivity (Wildman–Crippen MR) is 159 cm³/mol.